The normalized spacial score (nSPS) is 11.3. The zero-order valence-electron chi connectivity index (χ0n) is 16.2. The standard InChI is InChI=1S/C21H24N2O4/c1-21(2,16-12-22-17-8-6-13(25-3)10-15(16)17)20(24)23-18-11-14(26-4)7-9-19(18)27-5/h6-12,22H,1-5H3,(H,23,24). The summed E-state index contributed by atoms with van der Waals surface area (Å²) in [5.74, 6) is 1.80. The van der Waals surface area contributed by atoms with Crippen molar-refractivity contribution in [1.82, 2.24) is 4.98 Å². The van der Waals surface area contributed by atoms with Crippen LogP contribution in [-0.2, 0) is 10.2 Å². The zero-order valence-corrected chi connectivity index (χ0v) is 16.2. The molecule has 0 saturated carbocycles. The van der Waals surface area contributed by atoms with Gasteiger partial charge >= 0.3 is 0 Å². The second-order valence-electron chi connectivity index (χ2n) is 6.76. The summed E-state index contributed by atoms with van der Waals surface area (Å²) >= 11 is 0. The van der Waals surface area contributed by atoms with Gasteiger partial charge < -0.3 is 24.5 Å². The Bertz CT molecular complexity index is 975. The largest absolute Gasteiger partial charge is 0.497 e. The molecule has 0 radical (unpaired) electrons. The number of fused-ring (bicyclic) bond motifs is 1. The van der Waals surface area contributed by atoms with Crippen LogP contribution in [0, 0.1) is 0 Å². The summed E-state index contributed by atoms with van der Waals surface area (Å²) in [6.45, 7) is 3.77. The topological polar surface area (TPSA) is 72.6 Å². The van der Waals surface area contributed by atoms with E-state index < -0.39 is 5.41 Å². The number of benzene rings is 2. The van der Waals surface area contributed by atoms with Gasteiger partial charge in [0.1, 0.15) is 17.2 Å². The highest BCUT2D eigenvalue weighted by Gasteiger charge is 2.33. The molecule has 0 aliphatic rings. The van der Waals surface area contributed by atoms with Gasteiger partial charge in [0, 0.05) is 23.2 Å². The SMILES string of the molecule is COc1ccc(OC)c(NC(=O)C(C)(C)c2c[nH]c3ccc(OC)cc23)c1. The third-order valence-electron chi connectivity index (χ3n) is 4.78. The highest BCUT2D eigenvalue weighted by molar-refractivity contribution is 6.02. The Morgan fingerprint density at radius 3 is 2.30 bits per heavy atom. The molecular formula is C21H24N2O4. The summed E-state index contributed by atoms with van der Waals surface area (Å²) < 4.78 is 15.9. The molecule has 1 amide bonds. The van der Waals surface area contributed by atoms with Crippen LogP contribution in [0.5, 0.6) is 17.2 Å². The molecule has 2 aromatic carbocycles. The van der Waals surface area contributed by atoms with Crippen LogP contribution < -0.4 is 19.5 Å². The van der Waals surface area contributed by atoms with Gasteiger partial charge in [0.05, 0.1) is 32.4 Å². The minimum absolute atomic E-state index is 0.155. The van der Waals surface area contributed by atoms with Crippen molar-refractivity contribution in [2.24, 2.45) is 0 Å². The third-order valence-corrected chi connectivity index (χ3v) is 4.78. The van der Waals surface area contributed by atoms with Gasteiger partial charge in [-0.2, -0.15) is 0 Å². The molecule has 142 valence electrons. The lowest BCUT2D eigenvalue weighted by molar-refractivity contribution is -0.120. The van der Waals surface area contributed by atoms with Crippen molar-refractivity contribution >= 4 is 22.5 Å². The molecule has 0 aliphatic heterocycles. The number of methoxy groups -OCH3 is 3. The molecule has 1 heterocycles. The molecule has 6 heteroatoms. The summed E-state index contributed by atoms with van der Waals surface area (Å²) in [5, 5.41) is 3.92. The third kappa shape index (κ3) is 3.43. The Balaban J connectivity index is 1.97. The first-order chi connectivity index (χ1) is 12.9. The number of carbonyl (C=O) groups excluding carboxylic acids is 1. The maximum atomic E-state index is 13.1. The van der Waals surface area contributed by atoms with Crippen LogP contribution in [0.15, 0.2) is 42.6 Å². The second kappa shape index (κ2) is 7.23. The summed E-state index contributed by atoms with van der Waals surface area (Å²) in [6, 6.07) is 11.0. The van der Waals surface area contributed by atoms with Crippen LogP contribution in [0.1, 0.15) is 19.4 Å². The first-order valence-corrected chi connectivity index (χ1v) is 8.59. The minimum Gasteiger partial charge on any atom is -0.497 e. The lowest BCUT2D eigenvalue weighted by Gasteiger charge is -2.24. The molecule has 2 N–H and O–H groups in total. The van der Waals surface area contributed by atoms with Crippen molar-refractivity contribution in [3.05, 3.63) is 48.2 Å². The molecule has 0 unspecified atom stereocenters. The Hall–Kier alpha value is -3.15. The summed E-state index contributed by atoms with van der Waals surface area (Å²) in [4.78, 5) is 16.4. The molecule has 27 heavy (non-hydrogen) atoms. The Morgan fingerprint density at radius 1 is 0.963 bits per heavy atom. The van der Waals surface area contributed by atoms with Gasteiger partial charge in [-0.3, -0.25) is 4.79 Å². The Kier molecular flexibility index (Phi) is 4.99. The van der Waals surface area contributed by atoms with E-state index in [2.05, 4.69) is 10.3 Å². The monoisotopic (exact) mass is 368 g/mol. The molecule has 0 saturated heterocycles. The van der Waals surface area contributed by atoms with Crippen molar-refractivity contribution in [2.75, 3.05) is 26.6 Å². The van der Waals surface area contributed by atoms with Gasteiger partial charge in [0.2, 0.25) is 5.91 Å². The molecule has 0 fully saturated rings. The molecule has 0 bridgehead atoms. The predicted molar refractivity (Wildman–Crippen MR) is 106 cm³/mol. The van der Waals surface area contributed by atoms with E-state index in [1.165, 1.54) is 0 Å². The first kappa shape index (κ1) is 18.6. The highest BCUT2D eigenvalue weighted by atomic mass is 16.5. The Morgan fingerprint density at radius 2 is 1.63 bits per heavy atom. The Labute approximate surface area is 158 Å². The van der Waals surface area contributed by atoms with Crippen molar-refractivity contribution in [3.63, 3.8) is 0 Å². The van der Waals surface area contributed by atoms with Gasteiger partial charge in [-0.1, -0.05) is 0 Å². The van der Waals surface area contributed by atoms with E-state index in [-0.39, 0.29) is 5.91 Å². The van der Waals surface area contributed by atoms with E-state index in [4.69, 9.17) is 14.2 Å². The molecular weight excluding hydrogens is 344 g/mol. The fourth-order valence-electron chi connectivity index (χ4n) is 3.06. The number of rotatable bonds is 6. The smallest absolute Gasteiger partial charge is 0.234 e. The zero-order chi connectivity index (χ0) is 19.6. The number of aromatic amines is 1. The van der Waals surface area contributed by atoms with E-state index in [1.54, 1.807) is 39.5 Å². The van der Waals surface area contributed by atoms with Gasteiger partial charge in [-0.25, -0.2) is 0 Å². The molecule has 0 spiro atoms. The number of anilines is 1. The number of ether oxygens (including phenoxy) is 3. The maximum Gasteiger partial charge on any atom is 0.234 e. The highest BCUT2D eigenvalue weighted by Crippen LogP contribution is 2.35. The van der Waals surface area contributed by atoms with Gasteiger partial charge in [-0.15, -0.1) is 0 Å². The van der Waals surface area contributed by atoms with Gasteiger partial charge in [0.15, 0.2) is 0 Å². The van der Waals surface area contributed by atoms with Crippen molar-refractivity contribution in [1.29, 1.82) is 0 Å². The average Bonchev–Trinajstić information content (AvgIpc) is 3.11. The average molecular weight is 368 g/mol. The molecule has 3 rings (SSSR count). The minimum atomic E-state index is -0.793. The molecule has 1 aromatic heterocycles. The predicted octanol–water partition coefficient (Wildman–Crippen LogP) is 4.11. The number of H-pyrrole nitrogens is 1. The van der Waals surface area contributed by atoms with Crippen molar-refractivity contribution in [3.8, 4) is 17.2 Å². The number of hydrogen-bond acceptors (Lipinski definition) is 4. The van der Waals surface area contributed by atoms with Crippen LogP contribution in [0.2, 0.25) is 0 Å². The molecule has 3 aromatic rings. The van der Waals surface area contributed by atoms with Crippen LogP contribution in [0.3, 0.4) is 0 Å². The lowest BCUT2D eigenvalue weighted by Crippen LogP contribution is -2.34. The first-order valence-electron chi connectivity index (χ1n) is 8.59. The number of carbonyl (C=O) groups is 1. The molecule has 0 atom stereocenters. The van der Waals surface area contributed by atoms with Crippen LogP contribution in [-0.4, -0.2) is 32.2 Å². The van der Waals surface area contributed by atoms with E-state index in [0.717, 1.165) is 22.2 Å². The van der Waals surface area contributed by atoms with E-state index in [0.29, 0.717) is 17.2 Å². The van der Waals surface area contributed by atoms with Crippen LogP contribution in [0.25, 0.3) is 10.9 Å². The number of amides is 1. The fourth-order valence-corrected chi connectivity index (χ4v) is 3.06. The van der Waals surface area contributed by atoms with E-state index >= 15 is 0 Å². The summed E-state index contributed by atoms with van der Waals surface area (Å²) in [7, 11) is 4.77. The summed E-state index contributed by atoms with van der Waals surface area (Å²) in [6.07, 6.45) is 1.87. The van der Waals surface area contributed by atoms with E-state index in [1.807, 2.05) is 38.2 Å². The number of nitrogens with one attached hydrogen (secondary N) is 2. The number of hydrogen-bond donors (Lipinski definition) is 2. The van der Waals surface area contributed by atoms with Crippen molar-refractivity contribution in [2.45, 2.75) is 19.3 Å². The quantitative estimate of drug-likeness (QED) is 0.687. The maximum absolute atomic E-state index is 13.1. The van der Waals surface area contributed by atoms with Crippen molar-refractivity contribution < 1.29 is 19.0 Å². The molecule has 6 nitrogen and oxygen atoms in total. The van der Waals surface area contributed by atoms with Crippen LogP contribution in [0.4, 0.5) is 5.69 Å². The second-order valence-corrected chi connectivity index (χ2v) is 6.76. The van der Waals surface area contributed by atoms with Gasteiger partial charge in [-0.05, 0) is 49.7 Å². The molecule has 0 aliphatic carbocycles. The fraction of sp³-hybridized carbons (Fsp3) is 0.286. The number of aromatic nitrogens is 1. The summed E-state index contributed by atoms with van der Waals surface area (Å²) in [5.41, 5.74) is 1.60. The van der Waals surface area contributed by atoms with E-state index in [9.17, 15) is 4.79 Å². The lowest BCUT2D eigenvalue weighted by atomic mass is 9.83. The van der Waals surface area contributed by atoms with Gasteiger partial charge in [0.25, 0.3) is 0 Å². The van der Waals surface area contributed by atoms with Crippen LogP contribution >= 0.6 is 0 Å².